The second kappa shape index (κ2) is 8.76. The van der Waals surface area contributed by atoms with Crippen LogP contribution in [0.4, 0.5) is 15.2 Å². The minimum atomic E-state index is -0.648. The summed E-state index contributed by atoms with van der Waals surface area (Å²) in [7, 11) is 0. The molecule has 0 spiro atoms. The lowest BCUT2D eigenvalue weighted by Crippen LogP contribution is -2.33. The number of carbonyl (C=O) groups excluding carboxylic acids is 2. The predicted molar refractivity (Wildman–Crippen MR) is 120 cm³/mol. The predicted octanol–water partition coefficient (Wildman–Crippen LogP) is 4.58. The fourth-order valence-electron chi connectivity index (χ4n) is 2.94. The molecule has 2 aromatic carbocycles. The van der Waals surface area contributed by atoms with Gasteiger partial charge in [0.25, 0.3) is 0 Å². The normalized spacial score (nSPS) is 17.6. The van der Waals surface area contributed by atoms with Crippen LogP contribution in [0, 0.1) is 5.82 Å². The van der Waals surface area contributed by atoms with Gasteiger partial charge < -0.3 is 5.32 Å². The van der Waals surface area contributed by atoms with Gasteiger partial charge in [0.2, 0.25) is 16.9 Å². The van der Waals surface area contributed by atoms with E-state index in [0.717, 1.165) is 10.2 Å². The van der Waals surface area contributed by atoms with Crippen molar-refractivity contribution in [3.05, 3.63) is 67.0 Å². The fourth-order valence-corrected chi connectivity index (χ4v) is 4.99. The summed E-state index contributed by atoms with van der Waals surface area (Å²) in [6, 6.07) is 13.6. The highest BCUT2D eigenvalue weighted by atomic mass is 32.2. The van der Waals surface area contributed by atoms with Gasteiger partial charge in [0, 0.05) is 13.0 Å². The zero-order valence-electron chi connectivity index (χ0n) is 15.7. The molecule has 9 heteroatoms. The standard InChI is InChI=1S/C21H17FN4O2S2/c1-2-11-26-19(28)17(12-18(27)23-14-8-4-3-7-13(14)22)30-21(26)25-20-24-15-9-5-6-10-16(15)29-20/h2-10,17H,1,11-12H2,(H,23,27)/b25-21-. The van der Waals surface area contributed by atoms with Crippen molar-refractivity contribution >= 4 is 61.1 Å². The van der Waals surface area contributed by atoms with Crippen molar-refractivity contribution in [3.63, 3.8) is 0 Å². The van der Waals surface area contributed by atoms with E-state index in [1.54, 1.807) is 18.2 Å². The molecule has 0 aliphatic carbocycles. The van der Waals surface area contributed by atoms with Crippen molar-refractivity contribution in [3.8, 4) is 0 Å². The number of aromatic nitrogens is 1. The molecule has 0 radical (unpaired) electrons. The Kier molecular flexibility index (Phi) is 5.91. The van der Waals surface area contributed by atoms with Gasteiger partial charge in [-0.2, -0.15) is 4.99 Å². The number of anilines is 1. The maximum absolute atomic E-state index is 13.8. The van der Waals surface area contributed by atoms with Crippen molar-refractivity contribution in [1.29, 1.82) is 0 Å². The van der Waals surface area contributed by atoms with E-state index >= 15 is 0 Å². The van der Waals surface area contributed by atoms with Gasteiger partial charge in [-0.15, -0.1) is 6.58 Å². The van der Waals surface area contributed by atoms with Gasteiger partial charge in [-0.1, -0.05) is 53.4 Å². The molecule has 1 N–H and O–H groups in total. The monoisotopic (exact) mass is 440 g/mol. The summed E-state index contributed by atoms with van der Waals surface area (Å²) in [5.41, 5.74) is 0.927. The molecule has 4 rings (SSSR count). The van der Waals surface area contributed by atoms with Crippen molar-refractivity contribution in [2.75, 3.05) is 11.9 Å². The molecule has 0 saturated carbocycles. The average Bonchev–Trinajstić information content (AvgIpc) is 3.26. The topological polar surface area (TPSA) is 74.7 Å². The molecule has 1 aliphatic rings. The molecule has 2 heterocycles. The third kappa shape index (κ3) is 4.27. The number of rotatable bonds is 6. The van der Waals surface area contributed by atoms with Gasteiger partial charge in [0.1, 0.15) is 11.1 Å². The van der Waals surface area contributed by atoms with E-state index < -0.39 is 17.0 Å². The smallest absolute Gasteiger partial charge is 0.242 e. The lowest BCUT2D eigenvalue weighted by atomic mass is 10.2. The fraction of sp³-hybridized carbons (Fsp3) is 0.143. The maximum atomic E-state index is 13.8. The van der Waals surface area contributed by atoms with Crippen LogP contribution < -0.4 is 5.32 Å². The highest BCUT2D eigenvalue weighted by molar-refractivity contribution is 8.15. The van der Waals surface area contributed by atoms with Crippen molar-refractivity contribution < 1.29 is 14.0 Å². The summed E-state index contributed by atoms with van der Waals surface area (Å²) in [6.45, 7) is 3.97. The van der Waals surface area contributed by atoms with E-state index in [9.17, 15) is 14.0 Å². The quantitative estimate of drug-likeness (QED) is 0.570. The van der Waals surface area contributed by atoms with Crippen LogP contribution in [-0.4, -0.2) is 38.7 Å². The third-order valence-electron chi connectivity index (χ3n) is 4.32. The number of para-hydroxylation sites is 2. The Morgan fingerprint density at radius 3 is 2.80 bits per heavy atom. The van der Waals surface area contributed by atoms with Crippen LogP contribution >= 0.6 is 23.1 Å². The van der Waals surface area contributed by atoms with E-state index in [0.29, 0.717) is 10.3 Å². The number of fused-ring (bicyclic) bond motifs is 1. The number of aliphatic imine (C=N–C) groups is 1. The summed E-state index contributed by atoms with van der Waals surface area (Å²) in [6.07, 6.45) is 1.51. The second-order valence-electron chi connectivity index (χ2n) is 6.43. The van der Waals surface area contributed by atoms with E-state index in [4.69, 9.17) is 0 Å². The number of hydrogen-bond acceptors (Lipinski definition) is 6. The number of hydrogen-bond donors (Lipinski definition) is 1. The Hall–Kier alpha value is -3.04. The third-order valence-corrected chi connectivity index (χ3v) is 6.43. The minimum absolute atomic E-state index is 0.0873. The van der Waals surface area contributed by atoms with Crippen LogP contribution in [0.3, 0.4) is 0 Å². The zero-order chi connectivity index (χ0) is 21.1. The number of halogens is 1. The van der Waals surface area contributed by atoms with Crippen molar-refractivity contribution in [2.45, 2.75) is 11.7 Å². The Morgan fingerprint density at radius 1 is 1.27 bits per heavy atom. The molecule has 1 atom stereocenters. The summed E-state index contributed by atoms with van der Waals surface area (Å²) >= 11 is 2.63. The van der Waals surface area contributed by atoms with Gasteiger partial charge >= 0.3 is 0 Å². The molecular weight excluding hydrogens is 423 g/mol. The van der Waals surface area contributed by atoms with Crippen LogP contribution in [0.15, 0.2) is 66.2 Å². The van der Waals surface area contributed by atoms with E-state index in [2.05, 4.69) is 21.9 Å². The molecule has 30 heavy (non-hydrogen) atoms. The molecule has 1 fully saturated rings. The molecule has 2 amide bonds. The largest absolute Gasteiger partial charge is 0.324 e. The van der Waals surface area contributed by atoms with Gasteiger partial charge in [-0.3, -0.25) is 14.5 Å². The molecule has 0 bridgehead atoms. The first-order valence-electron chi connectivity index (χ1n) is 9.12. The molecule has 6 nitrogen and oxygen atoms in total. The van der Waals surface area contributed by atoms with E-state index in [-0.39, 0.29) is 24.6 Å². The molecular formula is C21H17FN4O2S2. The highest BCUT2D eigenvalue weighted by Crippen LogP contribution is 2.34. The lowest BCUT2D eigenvalue weighted by Gasteiger charge is -2.13. The Bertz CT molecular complexity index is 1130. The van der Waals surface area contributed by atoms with Crippen molar-refractivity contribution in [1.82, 2.24) is 9.88 Å². The van der Waals surface area contributed by atoms with Gasteiger partial charge in [0.15, 0.2) is 5.17 Å². The molecule has 1 aliphatic heterocycles. The average molecular weight is 441 g/mol. The molecule has 1 unspecified atom stereocenters. The van der Waals surface area contributed by atoms with Gasteiger partial charge in [0.05, 0.1) is 15.9 Å². The summed E-state index contributed by atoms with van der Waals surface area (Å²) in [5.74, 6) is -1.20. The van der Waals surface area contributed by atoms with Gasteiger partial charge in [-0.25, -0.2) is 9.37 Å². The molecule has 152 valence electrons. The highest BCUT2D eigenvalue weighted by Gasteiger charge is 2.38. The maximum Gasteiger partial charge on any atom is 0.242 e. The van der Waals surface area contributed by atoms with Gasteiger partial charge in [-0.05, 0) is 24.3 Å². The number of amidine groups is 1. The van der Waals surface area contributed by atoms with Crippen LogP contribution in [0.5, 0.6) is 0 Å². The SMILES string of the molecule is C=CCN1C(=O)C(CC(=O)Nc2ccccc2F)S/C1=N\c1nc2ccccc2s1. The number of amides is 2. The van der Waals surface area contributed by atoms with Crippen LogP contribution in [0.25, 0.3) is 10.2 Å². The Balaban J connectivity index is 1.52. The first-order valence-corrected chi connectivity index (χ1v) is 10.8. The second-order valence-corrected chi connectivity index (χ2v) is 8.61. The molecule has 3 aromatic rings. The first kappa shape index (κ1) is 20.2. The van der Waals surface area contributed by atoms with Crippen LogP contribution in [-0.2, 0) is 9.59 Å². The van der Waals surface area contributed by atoms with Crippen LogP contribution in [0.1, 0.15) is 6.42 Å². The van der Waals surface area contributed by atoms with Crippen molar-refractivity contribution in [2.24, 2.45) is 4.99 Å². The van der Waals surface area contributed by atoms with Crippen LogP contribution in [0.2, 0.25) is 0 Å². The molecule has 1 saturated heterocycles. The number of carbonyl (C=O) groups is 2. The summed E-state index contributed by atoms with van der Waals surface area (Å²) < 4.78 is 14.8. The minimum Gasteiger partial charge on any atom is -0.324 e. The number of thiazole rings is 1. The number of nitrogens with zero attached hydrogens (tertiary/aromatic N) is 3. The molecule has 1 aromatic heterocycles. The first-order chi connectivity index (χ1) is 14.5. The number of thioether (sulfide) groups is 1. The number of benzene rings is 2. The zero-order valence-corrected chi connectivity index (χ0v) is 17.4. The summed E-state index contributed by atoms with van der Waals surface area (Å²) in [4.78, 5) is 35.7. The van der Waals surface area contributed by atoms with E-state index in [1.807, 2.05) is 24.3 Å². The summed E-state index contributed by atoms with van der Waals surface area (Å²) in [5, 5.41) is 2.88. The lowest BCUT2D eigenvalue weighted by molar-refractivity contribution is -0.127. The Labute approximate surface area is 180 Å². The van der Waals surface area contributed by atoms with E-state index in [1.165, 1.54) is 40.1 Å². The Morgan fingerprint density at radius 2 is 2.03 bits per heavy atom. The number of nitrogens with one attached hydrogen (secondary N) is 1.